The van der Waals surface area contributed by atoms with Gasteiger partial charge in [-0.25, -0.2) is 9.69 Å². The third-order valence-corrected chi connectivity index (χ3v) is 4.57. The summed E-state index contributed by atoms with van der Waals surface area (Å²) in [6.07, 6.45) is 1.39. The first kappa shape index (κ1) is 14.9. The number of likely N-dealkylation sites (tertiary alicyclic amines) is 1. The van der Waals surface area contributed by atoms with Crippen molar-refractivity contribution in [2.45, 2.75) is 4.90 Å². The van der Waals surface area contributed by atoms with Gasteiger partial charge in [0.15, 0.2) is 6.61 Å². The van der Waals surface area contributed by atoms with Crippen LogP contribution in [0.5, 0.6) is 0 Å². The largest absolute Gasteiger partial charge is 0.439 e. The average molecular weight is 320 g/mol. The molecule has 1 aromatic rings. The van der Waals surface area contributed by atoms with E-state index in [1.807, 2.05) is 24.5 Å². The first-order chi connectivity index (χ1) is 10.6. The van der Waals surface area contributed by atoms with Gasteiger partial charge in [0.1, 0.15) is 0 Å². The zero-order valence-corrected chi connectivity index (χ0v) is 13.0. The fourth-order valence-electron chi connectivity index (χ4n) is 2.61. The molecule has 7 heteroatoms. The standard InChI is InChI=1S/C15H16N2O4S/c1-22-12-4-2-3-11(5-12)14(19)16-6-10(7-16)8-17-13(18)9-21-15(17)20/h2-5,10H,6-9H2,1H3. The number of imide groups is 1. The molecule has 0 unspecified atom stereocenters. The highest BCUT2D eigenvalue weighted by Gasteiger charge is 2.38. The van der Waals surface area contributed by atoms with Crippen molar-refractivity contribution in [3.63, 3.8) is 0 Å². The van der Waals surface area contributed by atoms with Gasteiger partial charge in [-0.2, -0.15) is 0 Å². The molecule has 6 nitrogen and oxygen atoms in total. The zero-order chi connectivity index (χ0) is 15.7. The Balaban J connectivity index is 1.55. The van der Waals surface area contributed by atoms with Gasteiger partial charge in [-0.3, -0.25) is 9.59 Å². The minimum absolute atomic E-state index is 0.0116. The normalized spacial score (nSPS) is 18.4. The van der Waals surface area contributed by atoms with Crippen molar-refractivity contribution in [1.82, 2.24) is 9.80 Å². The van der Waals surface area contributed by atoms with E-state index in [1.54, 1.807) is 22.7 Å². The van der Waals surface area contributed by atoms with Crippen molar-refractivity contribution >= 4 is 29.7 Å². The van der Waals surface area contributed by atoms with E-state index in [2.05, 4.69) is 4.74 Å². The van der Waals surface area contributed by atoms with Crippen molar-refractivity contribution in [2.75, 3.05) is 32.5 Å². The third-order valence-electron chi connectivity index (χ3n) is 3.84. The second-order valence-electron chi connectivity index (χ2n) is 5.37. The summed E-state index contributed by atoms with van der Waals surface area (Å²) in [5, 5.41) is 0. The van der Waals surface area contributed by atoms with Crippen molar-refractivity contribution in [1.29, 1.82) is 0 Å². The lowest BCUT2D eigenvalue weighted by atomic mass is 9.98. The molecule has 3 amide bonds. The van der Waals surface area contributed by atoms with E-state index in [4.69, 9.17) is 0 Å². The van der Waals surface area contributed by atoms with Crippen LogP contribution in [0.1, 0.15) is 10.4 Å². The highest BCUT2D eigenvalue weighted by atomic mass is 32.2. The van der Waals surface area contributed by atoms with Gasteiger partial charge >= 0.3 is 6.09 Å². The summed E-state index contributed by atoms with van der Waals surface area (Å²) in [6, 6.07) is 7.51. The number of hydrogen-bond acceptors (Lipinski definition) is 5. The van der Waals surface area contributed by atoms with Crippen LogP contribution < -0.4 is 0 Å². The summed E-state index contributed by atoms with van der Waals surface area (Å²) in [7, 11) is 0. The number of thioether (sulfide) groups is 1. The van der Waals surface area contributed by atoms with E-state index in [0.717, 1.165) is 9.80 Å². The third kappa shape index (κ3) is 2.81. The van der Waals surface area contributed by atoms with Crippen LogP contribution in [0, 0.1) is 5.92 Å². The lowest BCUT2D eigenvalue weighted by molar-refractivity contribution is -0.126. The SMILES string of the molecule is CSc1cccc(C(=O)N2CC(CN3C(=O)COC3=O)C2)c1. The Morgan fingerprint density at radius 1 is 1.36 bits per heavy atom. The Bertz CT molecular complexity index is 612. The Labute approximate surface area is 132 Å². The number of hydrogen-bond donors (Lipinski definition) is 0. The lowest BCUT2D eigenvalue weighted by Gasteiger charge is -2.40. The molecule has 2 aliphatic heterocycles. The lowest BCUT2D eigenvalue weighted by Crippen LogP contribution is -2.54. The summed E-state index contributed by atoms with van der Waals surface area (Å²) in [4.78, 5) is 39.1. The highest BCUT2D eigenvalue weighted by Crippen LogP contribution is 2.23. The van der Waals surface area contributed by atoms with Crippen LogP contribution in [0.15, 0.2) is 29.2 Å². The highest BCUT2D eigenvalue weighted by molar-refractivity contribution is 7.98. The summed E-state index contributed by atoms with van der Waals surface area (Å²) in [6.45, 7) is 1.26. The number of benzene rings is 1. The molecule has 2 saturated heterocycles. The van der Waals surface area contributed by atoms with Crippen LogP contribution in [0.25, 0.3) is 0 Å². The minimum atomic E-state index is -0.581. The smallest absolute Gasteiger partial charge is 0.417 e. The maximum atomic E-state index is 12.4. The van der Waals surface area contributed by atoms with Crippen LogP contribution in [-0.4, -0.2) is 60.2 Å². The Morgan fingerprint density at radius 2 is 2.14 bits per heavy atom. The number of carbonyl (C=O) groups is 3. The molecule has 2 heterocycles. The number of rotatable bonds is 4. The van der Waals surface area contributed by atoms with Gasteiger partial charge in [0, 0.05) is 36.0 Å². The Kier molecular flexibility index (Phi) is 4.06. The molecule has 3 rings (SSSR count). The predicted octanol–water partition coefficient (Wildman–Crippen LogP) is 1.46. The molecule has 22 heavy (non-hydrogen) atoms. The van der Waals surface area contributed by atoms with E-state index in [9.17, 15) is 14.4 Å². The summed E-state index contributed by atoms with van der Waals surface area (Å²) in [5.74, 6) is -0.188. The number of nitrogens with zero attached hydrogens (tertiary/aromatic N) is 2. The average Bonchev–Trinajstić information content (AvgIpc) is 2.81. The summed E-state index contributed by atoms with van der Waals surface area (Å²) < 4.78 is 4.67. The molecule has 0 bridgehead atoms. The van der Waals surface area contributed by atoms with E-state index >= 15 is 0 Å². The second kappa shape index (κ2) is 6.00. The van der Waals surface area contributed by atoms with E-state index in [-0.39, 0.29) is 24.3 Å². The molecule has 0 spiro atoms. The van der Waals surface area contributed by atoms with Crippen LogP contribution in [0.4, 0.5) is 4.79 Å². The van der Waals surface area contributed by atoms with E-state index < -0.39 is 6.09 Å². The molecular weight excluding hydrogens is 304 g/mol. The molecule has 0 radical (unpaired) electrons. The van der Waals surface area contributed by atoms with Crippen molar-refractivity contribution in [3.05, 3.63) is 29.8 Å². The molecule has 0 N–H and O–H groups in total. The first-order valence-corrected chi connectivity index (χ1v) is 8.21. The summed E-state index contributed by atoms with van der Waals surface area (Å²) in [5.41, 5.74) is 0.668. The zero-order valence-electron chi connectivity index (χ0n) is 12.2. The fourth-order valence-corrected chi connectivity index (χ4v) is 3.06. The molecule has 0 aliphatic carbocycles. The van der Waals surface area contributed by atoms with Crippen LogP contribution >= 0.6 is 11.8 Å². The van der Waals surface area contributed by atoms with Crippen molar-refractivity contribution in [3.8, 4) is 0 Å². The Morgan fingerprint density at radius 3 is 2.77 bits per heavy atom. The molecule has 1 aromatic carbocycles. The summed E-state index contributed by atoms with van der Waals surface area (Å²) >= 11 is 1.59. The van der Waals surface area contributed by atoms with Crippen LogP contribution in [-0.2, 0) is 9.53 Å². The van der Waals surface area contributed by atoms with Gasteiger partial charge in [0.2, 0.25) is 0 Å². The van der Waals surface area contributed by atoms with Crippen molar-refractivity contribution in [2.24, 2.45) is 5.92 Å². The maximum Gasteiger partial charge on any atom is 0.417 e. The number of carbonyl (C=O) groups excluding carboxylic acids is 3. The molecule has 0 saturated carbocycles. The quantitative estimate of drug-likeness (QED) is 0.786. The van der Waals surface area contributed by atoms with Gasteiger partial charge in [0.05, 0.1) is 0 Å². The fraction of sp³-hybridized carbons (Fsp3) is 0.400. The van der Waals surface area contributed by atoms with Gasteiger partial charge in [-0.05, 0) is 24.5 Å². The molecule has 2 fully saturated rings. The second-order valence-corrected chi connectivity index (χ2v) is 6.25. The first-order valence-electron chi connectivity index (χ1n) is 6.99. The molecule has 116 valence electrons. The van der Waals surface area contributed by atoms with E-state index in [0.29, 0.717) is 25.2 Å². The maximum absolute atomic E-state index is 12.4. The monoisotopic (exact) mass is 320 g/mol. The van der Waals surface area contributed by atoms with Gasteiger partial charge in [0.25, 0.3) is 11.8 Å². The predicted molar refractivity (Wildman–Crippen MR) is 80.7 cm³/mol. The van der Waals surface area contributed by atoms with Crippen LogP contribution in [0.2, 0.25) is 0 Å². The van der Waals surface area contributed by atoms with Crippen molar-refractivity contribution < 1.29 is 19.1 Å². The number of cyclic esters (lactones) is 1. The number of ether oxygens (including phenoxy) is 1. The molecule has 0 aromatic heterocycles. The molecular formula is C15H16N2O4S. The van der Waals surface area contributed by atoms with Crippen LogP contribution in [0.3, 0.4) is 0 Å². The van der Waals surface area contributed by atoms with Gasteiger partial charge in [-0.15, -0.1) is 11.8 Å². The Hall–Kier alpha value is -2.02. The van der Waals surface area contributed by atoms with E-state index in [1.165, 1.54) is 0 Å². The number of amides is 3. The molecule has 0 atom stereocenters. The van der Waals surface area contributed by atoms with Gasteiger partial charge < -0.3 is 9.64 Å². The topological polar surface area (TPSA) is 66.9 Å². The van der Waals surface area contributed by atoms with Gasteiger partial charge in [-0.1, -0.05) is 6.07 Å². The molecule has 2 aliphatic rings. The minimum Gasteiger partial charge on any atom is -0.439 e.